The number of anilines is 1. The normalized spacial score (nSPS) is 10.3. The Morgan fingerprint density at radius 1 is 1.05 bits per heavy atom. The van der Waals surface area contributed by atoms with E-state index in [0.29, 0.717) is 11.4 Å². The molecule has 0 heterocycles. The van der Waals surface area contributed by atoms with E-state index in [2.05, 4.69) is 5.32 Å². The highest BCUT2D eigenvalue weighted by molar-refractivity contribution is 6.30. The van der Waals surface area contributed by atoms with Gasteiger partial charge in [-0.2, -0.15) is 0 Å². The van der Waals surface area contributed by atoms with Crippen molar-refractivity contribution in [1.29, 1.82) is 0 Å². The molecule has 0 saturated heterocycles. The molecule has 0 aromatic heterocycles. The third-order valence-corrected chi connectivity index (χ3v) is 2.95. The van der Waals surface area contributed by atoms with Crippen LogP contribution in [0.1, 0.15) is 12.0 Å². The van der Waals surface area contributed by atoms with Gasteiger partial charge in [-0.25, -0.2) is 8.78 Å². The van der Waals surface area contributed by atoms with E-state index < -0.39 is 11.6 Å². The van der Waals surface area contributed by atoms with Gasteiger partial charge in [0.1, 0.15) is 11.6 Å². The summed E-state index contributed by atoms with van der Waals surface area (Å²) in [7, 11) is 0. The molecule has 0 aliphatic carbocycles. The van der Waals surface area contributed by atoms with Crippen molar-refractivity contribution in [1.82, 2.24) is 0 Å². The molecule has 2 aromatic rings. The third kappa shape index (κ3) is 4.31. The molecule has 5 heteroatoms. The van der Waals surface area contributed by atoms with Gasteiger partial charge < -0.3 is 5.32 Å². The van der Waals surface area contributed by atoms with E-state index in [4.69, 9.17) is 11.6 Å². The van der Waals surface area contributed by atoms with Crippen LogP contribution in [0.2, 0.25) is 5.02 Å². The fraction of sp³-hybridized carbons (Fsp3) is 0.133. The number of carbonyl (C=O) groups excluding carboxylic acids is 1. The Bertz CT molecular complexity index is 594. The number of hydrogen-bond donors (Lipinski definition) is 1. The highest BCUT2D eigenvalue weighted by Crippen LogP contribution is 2.14. The summed E-state index contributed by atoms with van der Waals surface area (Å²) in [4.78, 5) is 11.7. The SMILES string of the molecule is O=C(CCc1ccc(Cl)cc1)Nc1cc(F)cc(F)c1. The van der Waals surface area contributed by atoms with Crippen molar-refractivity contribution in [2.75, 3.05) is 5.32 Å². The molecule has 1 amide bonds. The van der Waals surface area contributed by atoms with Crippen LogP contribution in [0.5, 0.6) is 0 Å². The molecule has 0 saturated carbocycles. The molecule has 0 fully saturated rings. The first kappa shape index (κ1) is 14.5. The number of carbonyl (C=O) groups is 1. The first-order valence-electron chi connectivity index (χ1n) is 6.03. The van der Waals surface area contributed by atoms with Crippen LogP contribution in [0.4, 0.5) is 14.5 Å². The van der Waals surface area contributed by atoms with Gasteiger partial charge >= 0.3 is 0 Å². The van der Waals surface area contributed by atoms with E-state index in [9.17, 15) is 13.6 Å². The predicted octanol–water partition coefficient (Wildman–Crippen LogP) is 4.19. The smallest absolute Gasteiger partial charge is 0.224 e. The average molecular weight is 296 g/mol. The molecule has 0 aliphatic heterocycles. The maximum atomic E-state index is 13.0. The molecule has 20 heavy (non-hydrogen) atoms. The van der Waals surface area contributed by atoms with Gasteiger partial charge in [-0.3, -0.25) is 4.79 Å². The van der Waals surface area contributed by atoms with Crippen molar-refractivity contribution in [2.45, 2.75) is 12.8 Å². The lowest BCUT2D eigenvalue weighted by Gasteiger charge is -2.06. The molecule has 0 spiro atoms. The second-order valence-electron chi connectivity index (χ2n) is 4.33. The second kappa shape index (κ2) is 6.48. The minimum absolute atomic E-state index is 0.114. The fourth-order valence-corrected chi connectivity index (χ4v) is 1.88. The van der Waals surface area contributed by atoms with Crippen LogP contribution in [-0.4, -0.2) is 5.91 Å². The highest BCUT2D eigenvalue weighted by Gasteiger charge is 2.06. The zero-order valence-corrected chi connectivity index (χ0v) is 11.3. The number of rotatable bonds is 4. The molecule has 0 bridgehead atoms. The standard InChI is InChI=1S/C15H12ClF2NO/c16-11-4-1-10(2-5-11)3-6-15(20)19-14-8-12(17)7-13(18)9-14/h1-2,4-5,7-9H,3,6H2,(H,19,20). The summed E-state index contributed by atoms with van der Waals surface area (Å²) in [5, 5.41) is 3.09. The van der Waals surface area contributed by atoms with Gasteiger partial charge in [0.25, 0.3) is 0 Å². The van der Waals surface area contributed by atoms with Crippen molar-refractivity contribution < 1.29 is 13.6 Å². The number of benzene rings is 2. The first-order chi connectivity index (χ1) is 9.52. The number of hydrogen-bond acceptors (Lipinski definition) is 1. The van der Waals surface area contributed by atoms with E-state index in [1.165, 1.54) is 0 Å². The van der Waals surface area contributed by atoms with Crippen LogP contribution in [-0.2, 0) is 11.2 Å². The van der Waals surface area contributed by atoms with Gasteiger partial charge in [-0.05, 0) is 36.2 Å². The summed E-state index contributed by atoms with van der Waals surface area (Å²) in [5.41, 5.74) is 1.08. The fourth-order valence-electron chi connectivity index (χ4n) is 1.76. The van der Waals surface area contributed by atoms with Gasteiger partial charge in [0.2, 0.25) is 5.91 Å². The Morgan fingerprint density at radius 2 is 1.65 bits per heavy atom. The quantitative estimate of drug-likeness (QED) is 0.900. The first-order valence-corrected chi connectivity index (χ1v) is 6.41. The molecule has 0 atom stereocenters. The summed E-state index contributed by atoms with van der Waals surface area (Å²) < 4.78 is 25.9. The van der Waals surface area contributed by atoms with Crippen LogP contribution in [0.25, 0.3) is 0 Å². The molecule has 2 nitrogen and oxygen atoms in total. The van der Waals surface area contributed by atoms with Crippen LogP contribution >= 0.6 is 11.6 Å². The Morgan fingerprint density at radius 3 is 2.25 bits per heavy atom. The van der Waals surface area contributed by atoms with Gasteiger partial charge in [0.05, 0.1) is 0 Å². The van der Waals surface area contributed by atoms with E-state index >= 15 is 0 Å². The van der Waals surface area contributed by atoms with Crippen LogP contribution in [0.3, 0.4) is 0 Å². The van der Waals surface area contributed by atoms with Crippen LogP contribution in [0.15, 0.2) is 42.5 Å². The molecule has 1 N–H and O–H groups in total. The summed E-state index contributed by atoms with van der Waals surface area (Å²) in [5.74, 6) is -1.75. The topological polar surface area (TPSA) is 29.1 Å². The Balaban J connectivity index is 1.90. The molecular weight excluding hydrogens is 284 g/mol. The number of amides is 1. The monoisotopic (exact) mass is 295 g/mol. The number of halogens is 3. The van der Waals surface area contributed by atoms with Crippen molar-refractivity contribution in [3.8, 4) is 0 Å². The van der Waals surface area contributed by atoms with Crippen molar-refractivity contribution in [3.05, 3.63) is 64.7 Å². The van der Waals surface area contributed by atoms with Gasteiger partial charge in [-0.1, -0.05) is 23.7 Å². The minimum Gasteiger partial charge on any atom is -0.326 e. The number of aryl methyl sites for hydroxylation is 1. The Labute approximate surface area is 120 Å². The Kier molecular flexibility index (Phi) is 4.69. The zero-order valence-electron chi connectivity index (χ0n) is 10.5. The van der Waals surface area contributed by atoms with E-state index in [1.54, 1.807) is 12.1 Å². The molecule has 2 aromatic carbocycles. The molecule has 0 unspecified atom stereocenters. The zero-order chi connectivity index (χ0) is 14.5. The largest absolute Gasteiger partial charge is 0.326 e. The average Bonchev–Trinajstić information content (AvgIpc) is 2.37. The maximum absolute atomic E-state index is 13.0. The lowest BCUT2D eigenvalue weighted by Crippen LogP contribution is -2.12. The van der Waals surface area contributed by atoms with Crippen molar-refractivity contribution >= 4 is 23.2 Å². The van der Waals surface area contributed by atoms with Crippen LogP contribution in [0, 0.1) is 11.6 Å². The van der Waals surface area contributed by atoms with E-state index in [0.717, 1.165) is 23.8 Å². The van der Waals surface area contributed by atoms with E-state index in [-0.39, 0.29) is 18.0 Å². The van der Waals surface area contributed by atoms with Gasteiger partial charge in [0.15, 0.2) is 0 Å². The Hall–Kier alpha value is -1.94. The third-order valence-electron chi connectivity index (χ3n) is 2.70. The van der Waals surface area contributed by atoms with Gasteiger partial charge in [0, 0.05) is 23.2 Å². The molecule has 0 radical (unpaired) electrons. The summed E-state index contributed by atoms with van der Waals surface area (Å²) in [6, 6.07) is 10.1. The van der Waals surface area contributed by atoms with Gasteiger partial charge in [-0.15, -0.1) is 0 Å². The molecule has 104 valence electrons. The molecule has 0 aliphatic rings. The minimum atomic E-state index is -0.724. The summed E-state index contributed by atoms with van der Waals surface area (Å²) in [6.45, 7) is 0. The molecular formula is C15H12ClF2NO. The maximum Gasteiger partial charge on any atom is 0.224 e. The summed E-state index contributed by atoms with van der Waals surface area (Å²) >= 11 is 5.76. The van der Waals surface area contributed by atoms with Crippen LogP contribution < -0.4 is 5.32 Å². The second-order valence-corrected chi connectivity index (χ2v) is 4.77. The summed E-state index contributed by atoms with van der Waals surface area (Å²) in [6.07, 6.45) is 0.751. The molecule has 2 rings (SSSR count). The number of nitrogens with one attached hydrogen (secondary N) is 1. The lowest BCUT2D eigenvalue weighted by atomic mass is 10.1. The predicted molar refractivity (Wildman–Crippen MR) is 74.8 cm³/mol. The van der Waals surface area contributed by atoms with E-state index in [1.807, 2.05) is 12.1 Å². The highest BCUT2D eigenvalue weighted by atomic mass is 35.5. The van der Waals surface area contributed by atoms with Crippen molar-refractivity contribution in [2.24, 2.45) is 0 Å². The van der Waals surface area contributed by atoms with Crippen molar-refractivity contribution in [3.63, 3.8) is 0 Å². The lowest BCUT2D eigenvalue weighted by molar-refractivity contribution is -0.116.